The number of imidazole rings is 1. The molecule has 2 aliphatic heterocycles. The number of carboxylic acids is 1. The number of carbonyl (C=O) groups is 3. The number of nitrogens with zero attached hydrogens (tertiary/aromatic N) is 3. The Labute approximate surface area is 175 Å². The third kappa shape index (κ3) is 3.09. The lowest BCUT2D eigenvalue weighted by molar-refractivity contribution is -0.688. The minimum atomic E-state index is -1.15. The minimum Gasteiger partial charge on any atom is -0.477 e. The Hall–Kier alpha value is -2.76. The van der Waals surface area contributed by atoms with Crippen molar-refractivity contribution in [1.29, 1.82) is 0 Å². The van der Waals surface area contributed by atoms with Gasteiger partial charge in [-0.3, -0.25) is 9.59 Å². The Bertz CT molecular complexity index is 1070. The Morgan fingerprint density at radius 1 is 1.40 bits per heavy atom. The Morgan fingerprint density at radius 2 is 2.13 bits per heavy atom. The fourth-order valence-corrected chi connectivity index (χ4v) is 5.37. The molecule has 4 atom stereocenters. The number of carboxylic acid groups (broad SMARTS) is 1. The number of hydrogen-bond donors (Lipinski definition) is 4. The normalized spacial score (nSPS) is 24.2. The molecule has 4 N–H and O–H groups in total. The summed E-state index contributed by atoms with van der Waals surface area (Å²) in [5.41, 5.74) is 1.48. The van der Waals surface area contributed by atoms with Gasteiger partial charge >= 0.3 is 5.97 Å². The number of carbonyl (C=O) groups excluding carboxylic acids is 2. The van der Waals surface area contributed by atoms with E-state index < -0.39 is 30.5 Å². The van der Waals surface area contributed by atoms with E-state index in [4.69, 9.17) is 5.11 Å². The summed E-state index contributed by atoms with van der Waals surface area (Å²) in [4.78, 5) is 37.9. The van der Waals surface area contributed by atoms with Crippen LogP contribution in [-0.4, -0.2) is 61.2 Å². The van der Waals surface area contributed by atoms with Crippen molar-refractivity contribution in [3.05, 3.63) is 34.9 Å². The first-order valence-corrected chi connectivity index (χ1v) is 10.4. The third-order valence-electron chi connectivity index (χ3n) is 5.88. The molecule has 0 saturated carbocycles. The zero-order valence-electron chi connectivity index (χ0n) is 16.5. The van der Waals surface area contributed by atoms with Crippen LogP contribution in [0.15, 0.2) is 29.2 Å². The van der Waals surface area contributed by atoms with Crippen molar-refractivity contribution in [3.8, 4) is 0 Å². The van der Waals surface area contributed by atoms with E-state index in [2.05, 4.69) is 5.32 Å². The zero-order chi connectivity index (χ0) is 21.7. The second-order valence-corrected chi connectivity index (χ2v) is 8.61. The molecule has 2 aliphatic rings. The molecule has 0 bridgehead atoms. The lowest BCUT2D eigenvalue weighted by Gasteiger charge is -2.46. The van der Waals surface area contributed by atoms with E-state index in [1.165, 1.54) is 16.2 Å². The first-order valence-electron chi connectivity index (χ1n) is 9.57. The van der Waals surface area contributed by atoms with Crippen LogP contribution in [0.2, 0.25) is 0 Å². The van der Waals surface area contributed by atoms with Gasteiger partial charge in [-0.15, -0.1) is 0 Å². The van der Waals surface area contributed by atoms with Gasteiger partial charge in [-0.25, -0.2) is 9.36 Å². The number of thiazole rings is 1. The number of nitrogens with one attached hydrogen (secondary N) is 1. The van der Waals surface area contributed by atoms with Crippen molar-refractivity contribution < 1.29 is 34.3 Å². The van der Waals surface area contributed by atoms with Gasteiger partial charge in [0.25, 0.3) is 0 Å². The maximum Gasteiger partial charge on any atom is 0.352 e. The minimum absolute atomic E-state index is 0.00638. The summed E-state index contributed by atoms with van der Waals surface area (Å²) in [5.74, 6) is -2.74. The van der Waals surface area contributed by atoms with Gasteiger partial charge in [-0.1, -0.05) is 18.3 Å². The average Bonchev–Trinajstić information content (AvgIpc) is 3.31. The molecule has 2 aromatic rings. The molecule has 2 aromatic heterocycles. The summed E-state index contributed by atoms with van der Waals surface area (Å²) in [5, 5.41) is 33.0. The van der Waals surface area contributed by atoms with Gasteiger partial charge in [0.2, 0.25) is 23.0 Å². The molecule has 0 spiro atoms. The number of rotatable bonds is 7. The number of amides is 2. The topological polar surface area (TPSA) is 135 Å². The standard InChI is InChI=1S/C19H22N4O6S/c1-9-12(17(19(28)29)23-16(9)15(10(2)25)18(23)27)4-21-5-14-22(8-21)11(7-30-14)3-20-13(26)6-24/h5,7-10,15-16,24-25H,3-4,6H2,1-2H3,(H-,20,26,28,29)/p+1/t9-,10+,15+,16+/m0/s1. The number of aliphatic hydroxyl groups is 2. The van der Waals surface area contributed by atoms with Gasteiger partial charge in [0, 0.05) is 16.9 Å². The van der Waals surface area contributed by atoms with Crippen molar-refractivity contribution in [2.75, 3.05) is 6.61 Å². The number of hydrogen-bond acceptors (Lipinski definition) is 6. The van der Waals surface area contributed by atoms with Crippen molar-refractivity contribution in [1.82, 2.24) is 14.6 Å². The summed E-state index contributed by atoms with van der Waals surface area (Å²) < 4.78 is 3.74. The van der Waals surface area contributed by atoms with Crippen LogP contribution < -0.4 is 9.88 Å². The second-order valence-electron chi connectivity index (χ2n) is 7.72. The molecule has 160 valence electrons. The van der Waals surface area contributed by atoms with Crippen molar-refractivity contribution in [3.63, 3.8) is 0 Å². The van der Waals surface area contributed by atoms with E-state index in [1.54, 1.807) is 6.92 Å². The predicted octanol–water partition coefficient (Wildman–Crippen LogP) is -0.907. The quantitative estimate of drug-likeness (QED) is 0.329. The van der Waals surface area contributed by atoms with Gasteiger partial charge in [0.1, 0.15) is 30.7 Å². The van der Waals surface area contributed by atoms with E-state index in [0.29, 0.717) is 12.1 Å². The summed E-state index contributed by atoms with van der Waals surface area (Å²) in [6.45, 7) is 3.42. The zero-order valence-corrected chi connectivity index (χ0v) is 17.3. The summed E-state index contributed by atoms with van der Waals surface area (Å²) in [6, 6.07) is -0.341. The van der Waals surface area contributed by atoms with Crippen LogP contribution in [0.5, 0.6) is 0 Å². The Balaban J connectivity index is 1.61. The number of aromatic nitrogens is 2. The molecular weight excluding hydrogens is 412 g/mol. The van der Waals surface area contributed by atoms with Crippen molar-refractivity contribution in [2.24, 2.45) is 11.8 Å². The number of β-lactam (4-membered cyclic amide) rings is 1. The molecular formula is C19H23N4O6S+. The molecule has 30 heavy (non-hydrogen) atoms. The summed E-state index contributed by atoms with van der Waals surface area (Å²) in [7, 11) is 0. The molecule has 0 aromatic carbocycles. The van der Waals surface area contributed by atoms with Crippen molar-refractivity contribution in [2.45, 2.75) is 39.1 Å². The van der Waals surface area contributed by atoms with Crippen LogP contribution >= 0.6 is 11.3 Å². The lowest BCUT2D eigenvalue weighted by atomic mass is 9.78. The molecule has 1 fully saturated rings. The fourth-order valence-electron chi connectivity index (χ4n) is 4.44. The molecule has 0 unspecified atom stereocenters. The van der Waals surface area contributed by atoms with Crippen LogP contribution in [0, 0.1) is 11.8 Å². The third-order valence-corrected chi connectivity index (χ3v) is 6.82. The number of aliphatic carboxylic acids is 1. The van der Waals surface area contributed by atoms with Crippen LogP contribution in [0.4, 0.5) is 0 Å². The van der Waals surface area contributed by atoms with Crippen LogP contribution in [0.25, 0.3) is 4.83 Å². The van der Waals surface area contributed by atoms with Crippen LogP contribution in [0.1, 0.15) is 19.5 Å². The maximum atomic E-state index is 12.4. The highest BCUT2D eigenvalue weighted by molar-refractivity contribution is 7.15. The fraction of sp³-hybridized carbons (Fsp3) is 0.474. The monoisotopic (exact) mass is 435 g/mol. The summed E-state index contributed by atoms with van der Waals surface area (Å²) >= 11 is 1.48. The van der Waals surface area contributed by atoms with E-state index >= 15 is 0 Å². The first-order chi connectivity index (χ1) is 14.2. The van der Waals surface area contributed by atoms with Crippen molar-refractivity contribution >= 4 is 34.0 Å². The predicted molar refractivity (Wildman–Crippen MR) is 104 cm³/mol. The molecule has 4 heterocycles. The van der Waals surface area contributed by atoms with E-state index in [9.17, 15) is 24.6 Å². The molecule has 0 aliphatic carbocycles. The van der Waals surface area contributed by atoms with Crippen LogP contribution in [0.3, 0.4) is 0 Å². The molecule has 10 nitrogen and oxygen atoms in total. The van der Waals surface area contributed by atoms with E-state index in [-0.39, 0.29) is 30.1 Å². The Kier molecular flexibility index (Phi) is 5.12. The van der Waals surface area contributed by atoms with Crippen LogP contribution in [-0.2, 0) is 27.5 Å². The average molecular weight is 435 g/mol. The molecule has 1 saturated heterocycles. The smallest absolute Gasteiger partial charge is 0.352 e. The van der Waals surface area contributed by atoms with Gasteiger partial charge in [0.15, 0.2) is 0 Å². The number of aliphatic hydroxyl groups excluding tert-OH is 2. The largest absolute Gasteiger partial charge is 0.477 e. The molecule has 4 rings (SSSR count). The maximum absolute atomic E-state index is 12.4. The lowest BCUT2D eigenvalue weighted by Crippen LogP contribution is -2.63. The highest BCUT2D eigenvalue weighted by Gasteiger charge is 2.60. The van der Waals surface area contributed by atoms with E-state index in [0.717, 1.165) is 10.5 Å². The summed E-state index contributed by atoms with van der Waals surface area (Å²) in [6.07, 6.45) is 2.86. The first kappa shape index (κ1) is 20.5. The van der Waals surface area contributed by atoms with Gasteiger partial charge in [-0.05, 0) is 6.92 Å². The molecule has 2 amide bonds. The van der Waals surface area contributed by atoms with Gasteiger partial charge in [-0.2, -0.15) is 4.40 Å². The van der Waals surface area contributed by atoms with Gasteiger partial charge in [0.05, 0.1) is 24.6 Å². The number of fused-ring (bicyclic) bond motifs is 2. The van der Waals surface area contributed by atoms with Gasteiger partial charge < -0.3 is 25.5 Å². The SMILES string of the molecule is C[C@@H](O)[C@H]1C(=O)N2C(C(=O)O)=C(C[n+]3cc4scc(CNC(=O)CO)n4c3)[C@H](C)[C@H]12. The van der Waals surface area contributed by atoms with E-state index in [1.807, 2.05) is 33.8 Å². The highest BCUT2D eigenvalue weighted by atomic mass is 32.1. The second kappa shape index (κ2) is 7.49. The Morgan fingerprint density at radius 3 is 2.77 bits per heavy atom. The molecule has 0 radical (unpaired) electrons. The molecule has 11 heteroatoms. The highest BCUT2D eigenvalue weighted by Crippen LogP contribution is 2.47.